The average molecular weight is 419 g/mol. The van der Waals surface area contributed by atoms with Gasteiger partial charge in [0.15, 0.2) is 0 Å². The molecular weight excluding hydrogens is 392 g/mol. The Morgan fingerprint density at radius 1 is 1.13 bits per heavy atom. The van der Waals surface area contributed by atoms with Crippen LogP contribution >= 0.6 is 0 Å². The largest absolute Gasteiger partial charge is 0.349 e. The molecule has 1 aliphatic rings. The SMILES string of the molecule is Cc1ccc(C(=O)NC2CC2)cc1-c1cnn(-c2cncc(NC(=O)NC(C)C)c2)c1. The van der Waals surface area contributed by atoms with Crippen LogP contribution in [-0.4, -0.2) is 38.8 Å². The van der Waals surface area contributed by atoms with Gasteiger partial charge < -0.3 is 16.0 Å². The highest BCUT2D eigenvalue weighted by atomic mass is 16.2. The molecule has 31 heavy (non-hydrogen) atoms. The summed E-state index contributed by atoms with van der Waals surface area (Å²) in [6, 6.07) is 7.57. The summed E-state index contributed by atoms with van der Waals surface area (Å²) in [5.74, 6) is -0.0428. The van der Waals surface area contributed by atoms with Gasteiger partial charge in [-0.1, -0.05) is 6.07 Å². The first-order valence-corrected chi connectivity index (χ1v) is 10.4. The molecule has 0 saturated heterocycles. The maximum Gasteiger partial charge on any atom is 0.319 e. The van der Waals surface area contributed by atoms with Crippen molar-refractivity contribution in [3.63, 3.8) is 0 Å². The third-order valence-corrected chi connectivity index (χ3v) is 4.97. The molecule has 2 heterocycles. The first kappa shape index (κ1) is 20.6. The monoisotopic (exact) mass is 418 g/mol. The summed E-state index contributed by atoms with van der Waals surface area (Å²) >= 11 is 0. The minimum Gasteiger partial charge on any atom is -0.349 e. The molecule has 0 unspecified atom stereocenters. The minimum absolute atomic E-state index is 0.0372. The number of pyridine rings is 1. The molecule has 8 nitrogen and oxygen atoms in total. The van der Waals surface area contributed by atoms with E-state index >= 15 is 0 Å². The predicted octanol–water partition coefficient (Wildman–Crippen LogP) is 3.66. The maximum atomic E-state index is 12.4. The number of rotatable bonds is 6. The van der Waals surface area contributed by atoms with Crippen LogP contribution < -0.4 is 16.0 Å². The number of carbonyl (C=O) groups is 2. The molecule has 3 aromatic rings. The summed E-state index contributed by atoms with van der Waals surface area (Å²) < 4.78 is 1.70. The second-order valence-electron chi connectivity index (χ2n) is 8.14. The third-order valence-electron chi connectivity index (χ3n) is 4.97. The van der Waals surface area contributed by atoms with Gasteiger partial charge in [-0.2, -0.15) is 5.10 Å². The van der Waals surface area contributed by atoms with Gasteiger partial charge in [0.25, 0.3) is 5.91 Å². The van der Waals surface area contributed by atoms with Gasteiger partial charge in [-0.25, -0.2) is 9.48 Å². The second kappa shape index (κ2) is 8.59. The van der Waals surface area contributed by atoms with E-state index in [1.807, 2.05) is 45.2 Å². The summed E-state index contributed by atoms with van der Waals surface area (Å²) in [6.45, 7) is 5.80. The molecule has 1 saturated carbocycles. The Morgan fingerprint density at radius 3 is 2.68 bits per heavy atom. The standard InChI is InChI=1S/C23H26N6O2/c1-14(2)26-23(31)28-19-9-20(12-24-11-19)29-13-17(10-25-29)21-8-16(5-4-15(21)3)22(30)27-18-6-7-18/h4-5,8-14,18H,6-7H2,1-3H3,(H,27,30)(H2,26,28,31). The van der Waals surface area contributed by atoms with E-state index in [1.165, 1.54) is 0 Å². The Kier molecular flexibility index (Phi) is 5.70. The normalized spacial score (nSPS) is 13.2. The van der Waals surface area contributed by atoms with Crippen molar-refractivity contribution < 1.29 is 9.59 Å². The molecule has 0 atom stereocenters. The number of nitrogens with zero attached hydrogens (tertiary/aromatic N) is 3. The van der Waals surface area contributed by atoms with Crippen LogP contribution in [0.15, 0.2) is 49.1 Å². The van der Waals surface area contributed by atoms with E-state index in [0.717, 1.165) is 29.5 Å². The number of anilines is 1. The lowest BCUT2D eigenvalue weighted by atomic mass is 10.0. The fraction of sp³-hybridized carbons (Fsp3) is 0.304. The summed E-state index contributed by atoms with van der Waals surface area (Å²) in [5.41, 5.74) is 4.84. The van der Waals surface area contributed by atoms with Gasteiger partial charge in [0.2, 0.25) is 0 Å². The van der Waals surface area contributed by atoms with Crippen LogP contribution in [-0.2, 0) is 0 Å². The van der Waals surface area contributed by atoms with Crippen molar-refractivity contribution in [2.75, 3.05) is 5.32 Å². The number of amides is 3. The number of hydrogen-bond acceptors (Lipinski definition) is 4. The van der Waals surface area contributed by atoms with Crippen LogP contribution in [0, 0.1) is 6.92 Å². The summed E-state index contributed by atoms with van der Waals surface area (Å²) in [5, 5.41) is 13.0. The summed E-state index contributed by atoms with van der Waals surface area (Å²) in [6.07, 6.45) is 9.02. The van der Waals surface area contributed by atoms with Gasteiger partial charge >= 0.3 is 6.03 Å². The zero-order valence-electron chi connectivity index (χ0n) is 17.8. The molecule has 160 valence electrons. The Morgan fingerprint density at radius 2 is 1.94 bits per heavy atom. The molecule has 0 aliphatic heterocycles. The maximum absolute atomic E-state index is 12.4. The van der Waals surface area contributed by atoms with Crippen molar-refractivity contribution >= 4 is 17.6 Å². The van der Waals surface area contributed by atoms with Crippen molar-refractivity contribution in [2.24, 2.45) is 0 Å². The smallest absolute Gasteiger partial charge is 0.319 e. The van der Waals surface area contributed by atoms with Gasteiger partial charge in [-0.15, -0.1) is 0 Å². The quantitative estimate of drug-likeness (QED) is 0.569. The Balaban J connectivity index is 1.55. The van der Waals surface area contributed by atoms with Crippen molar-refractivity contribution in [3.05, 3.63) is 60.2 Å². The Labute approximate surface area is 181 Å². The van der Waals surface area contributed by atoms with Crippen LogP contribution in [0.25, 0.3) is 16.8 Å². The molecule has 2 aromatic heterocycles. The summed E-state index contributed by atoms with van der Waals surface area (Å²) in [4.78, 5) is 28.6. The Bertz CT molecular complexity index is 1120. The molecule has 8 heteroatoms. The number of aromatic nitrogens is 3. The molecule has 1 aromatic carbocycles. The number of carbonyl (C=O) groups excluding carboxylic acids is 2. The van der Waals surface area contributed by atoms with Gasteiger partial charge in [0, 0.05) is 29.4 Å². The first-order valence-electron chi connectivity index (χ1n) is 10.4. The topological polar surface area (TPSA) is 101 Å². The number of nitrogens with one attached hydrogen (secondary N) is 3. The average Bonchev–Trinajstić information content (AvgIpc) is 3.39. The van der Waals surface area contributed by atoms with Crippen LogP contribution in [0.2, 0.25) is 0 Å². The van der Waals surface area contributed by atoms with E-state index in [2.05, 4.69) is 26.0 Å². The number of benzene rings is 1. The third kappa shape index (κ3) is 5.09. The molecule has 0 spiro atoms. The van der Waals surface area contributed by atoms with Gasteiger partial charge in [-0.05, 0) is 62.9 Å². The fourth-order valence-electron chi connectivity index (χ4n) is 3.22. The minimum atomic E-state index is -0.285. The predicted molar refractivity (Wildman–Crippen MR) is 119 cm³/mol. The lowest BCUT2D eigenvalue weighted by Gasteiger charge is -2.10. The number of urea groups is 1. The highest BCUT2D eigenvalue weighted by Crippen LogP contribution is 2.26. The lowest BCUT2D eigenvalue weighted by Crippen LogP contribution is -2.34. The van der Waals surface area contributed by atoms with Crippen LogP contribution in [0.5, 0.6) is 0 Å². The second-order valence-corrected chi connectivity index (χ2v) is 8.14. The number of aryl methyl sites for hydroxylation is 1. The van der Waals surface area contributed by atoms with E-state index in [1.54, 1.807) is 29.3 Å². The van der Waals surface area contributed by atoms with Crippen molar-refractivity contribution in [3.8, 4) is 16.8 Å². The molecule has 3 N–H and O–H groups in total. The van der Waals surface area contributed by atoms with Crippen molar-refractivity contribution in [2.45, 2.75) is 45.7 Å². The molecule has 0 radical (unpaired) electrons. The summed E-state index contributed by atoms with van der Waals surface area (Å²) in [7, 11) is 0. The molecule has 1 aliphatic carbocycles. The fourth-order valence-corrected chi connectivity index (χ4v) is 3.22. The van der Waals surface area contributed by atoms with E-state index in [9.17, 15) is 9.59 Å². The first-order chi connectivity index (χ1) is 14.9. The van der Waals surface area contributed by atoms with Crippen molar-refractivity contribution in [1.29, 1.82) is 0 Å². The van der Waals surface area contributed by atoms with Crippen LogP contribution in [0.3, 0.4) is 0 Å². The van der Waals surface area contributed by atoms with E-state index < -0.39 is 0 Å². The molecule has 4 rings (SSSR count). The zero-order chi connectivity index (χ0) is 22.0. The zero-order valence-corrected chi connectivity index (χ0v) is 17.8. The molecular formula is C23H26N6O2. The highest BCUT2D eigenvalue weighted by Gasteiger charge is 2.24. The highest BCUT2D eigenvalue weighted by molar-refractivity contribution is 5.96. The van der Waals surface area contributed by atoms with Crippen molar-refractivity contribution in [1.82, 2.24) is 25.4 Å². The molecule has 3 amide bonds. The van der Waals surface area contributed by atoms with Crippen LogP contribution in [0.4, 0.5) is 10.5 Å². The van der Waals surface area contributed by atoms with Gasteiger partial charge in [-0.3, -0.25) is 9.78 Å². The molecule has 0 bridgehead atoms. The van der Waals surface area contributed by atoms with Crippen LogP contribution in [0.1, 0.15) is 42.6 Å². The van der Waals surface area contributed by atoms with E-state index in [0.29, 0.717) is 23.0 Å². The Hall–Kier alpha value is -3.68. The van der Waals surface area contributed by atoms with Gasteiger partial charge in [0.1, 0.15) is 0 Å². The molecule has 1 fully saturated rings. The van der Waals surface area contributed by atoms with Gasteiger partial charge in [0.05, 0.1) is 30.0 Å². The van der Waals surface area contributed by atoms with E-state index in [4.69, 9.17) is 0 Å². The van der Waals surface area contributed by atoms with E-state index in [-0.39, 0.29) is 18.0 Å². The lowest BCUT2D eigenvalue weighted by molar-refractivity contribution is 0.0951. The number of hydrogen-bond donors (Lipinski definition) is 3.